The number of thiophene rings is 1. The van der Waals surface area contributed by atoms with Crippen LogP contribution in [0.3, 0.4) is 0 Å². The summed E-state index contributed by atoms with van der Waals surface area (Å²) in [5.41, 5.74) is 1.19. The molecular weight excluding hydrogens is 359 g/mol. The molecule has 0 unspecified atom stereocenters. The van der Waals surface area contributed by atoms with Crippen molar-refractivity contribution in [3.8, 4) is 16.9 Å². The first-order valence-corrected chi connectivity index (χ1v) is 8.95. The summed E-state index contributed by atoms with van der Waals surface area (Å²) in [6.45, 7) is 0. The average Bonchev–Trinajstić information content (AvgIpc) is 2.96. The molecule has 0 spiro atoms. The molecule has 0 radical (unpaired) electrons. The predicted octanol–water partition coefficient (Wildman–Crippen LogP) is 5.97. The SMILES string of the molecule is CNc1sc(CCc2ccccc2)c(O)c1-c1cccc(C(F)(F)F)c1. The lowest BCUT2D eigenvalue weighted by Gasteiger charge is -2.10. The van der Waals surface area contributed by atoms with Gasteiger partial charge < -0.3 is 10.4 Å². The van der Waals surface area contributed by atoms with Crippen LogP contribution >= 0.6 is 11.3 Å². The van der Waals surface area contributed by atoms with Gasteiger partial charge in [0.2, 0.25) is 0 Å². The third-order valence-electron chi connectivity index (χ3n) is 4.14. The van der Waals surface area contributed by atoms with Gasteiger partial charge >= 0.3 is 6.18 Å². The van der Waals surface area contributed by atoms with Crippen LogP contribution in [0.25, 0.3) is 11.1 Å². The highest BCUT2D eigenvalue weighted by molar-refractivity contribution is 7.17. The van der Waals surface area contributed by atoms with Crippen molar-refractivity contribution in [1.82, 2.24) is 0 Å². The van der Waals surface area contributed by atoms with E-state index >= 15 is 0 Å². The van der Waals surface area contributed by atoms with Crippen LogP contribution in [0.5, 0.6) is 5.75 Å². The Kier molecular flexibility index (Phi) is 5.23. The Morgan fingerprint density at radius 3 is 2.38 bits per heavy atom. The van der Waals surface area contributed by atoms with Gasteiger partial charge in [-0.3, -0.25) is 0 Å². The molecule has 136 valence electrons. The molecule has 3 aromatic rings. The zero-order valence-electron chi connectivity index (χ0n) is 14.1. The van der Waals surface area contributed by atoms with E-state index in [0.717, 1.165) is 29.0 Å². The number of benzene rings is 2. The quantitative estimate of drug-likeness (QED) is 0.574. The largest absolute Gasteiger partial charge is 0.506 e. The van der Waals surface area contributed by atoms with Gasteiger partial charge in [0.1, 0.15) is 10.8 Å². The van der Waals surface area contributed by atoms with Gasteiger partial charge in [-0.15, -0.1) is 11.3 Å². The molecule has 2 aromatic carbocycles. The third-order valence-corrected chi connectivity index (χ3v) is 5.40. The molecule has 2 nitrogen and oxygen atoms in total. The second-order valence-corrected chi connectivity index (χ2v) is 7.00. The molecule has 0 amide bonds. The van der Waals surface area contributed by atoms with Crippen LogP contribution in [-0.2, 0) is 19.0 Å². The number of aryl methyl sites for hydroxylation is 2. The summed E-state index contributed by atoms with van der Waals surface area (Å²) in [5.74, 6) is 0.0506. The minimum atomic E-state index is -4.42. The molecule has 1 heterocycles. The van der Waals surface area contributed by atoms with Crippen molar-refractivity contribution in [2.45, 2.75) is 19.0 Å². The van der Waals surface area contributed by atoms with Crippen molar-refractivity contribution < 1.29 is 18.3 Å². The molecule has 3 rings (SSSR count). The molecule has 0 aliphatic heterocycles. The lowest BCUT2D eigenvalue weighted by Crippen LogP contribution is -2.04. The summed E-state index contributed by atoms with van der Waals surface area (Å²) in [6, 6.07) is 14.9. The van der Waals surface area contributed by atoms with Gasteiger partial charge in [-0.05, 0) is 36.1 Å². The molecule has 0 saturated carbocycles. The molecule has 0 saturated heterocycles. The molecule has 1 aromatic heterocycles. The van der Waals surface area contributed by atoms with E-state index in [0.29, 0.717) is 22.5 Å². The maximum absolute atomic E-state index is 13.0. The molecule has 0 fully saturated rings. The van der Waals surface area contributed by atoms with Crippen LogP contribution in [0.4, 0.5) is 18.2 Å². The average molecular weight is 377 g/mol. The molecule has 0 aliphatic carbocycles. The Morgan fingerprint density at radius 2 is 1.73 bits per heavy atom. The predicted molar refractivity (Wildman–Crippen MR) is 99.8 cm³/mol. The van der Waals surface area contributed by atoms with E-state index in [2.05, 4.69) is 5.32 Å². The van der Waals surface area contributed by atoms with Crippen molar-refractivity contribution >= 4 is 16.3 Å². The Labute approximate surface area is 153 Å². The molecule has 6 heteroatoms. The normalized spacial score (nSPS) is 11.5. The monoisotopic (exact) mass is 377 g/mol. The van der Waals surface area contributed by atoms with Gasteiger partial charge in [0.25, 0.3) is 0 Å². The Bertz CT molecular complexity index is 888. The Balaban J connectivity index is 1.94. The topological polar surface area (TPSA) is 32.3 Å². The zero-order chi connectivity index (χ0) is 18.7. The van der Waals surface area contributed by atoms with Crippen LogP contribution in [0.15, 0.2) is 54.6 Å². The molecule has 0 aliphatic rings. The van der Waals surface area contributed by atoms with Gasteiger partial charge in [0, 0.05) is 11.9 Å². The van der Waals surface area contributed by atoms with Crippen LogP contribution in [0.1, 0.15) is 16.0 Å². The standard InChI is InChI=1S/C20H18F3NOS/c1-24-19-17(14-8-5-9-15(12-14)20(21,22)23)18(25)16(26-19)11-10-13-6-3-2-4-7-13/h2-9,12,24-25H,10-11H2,1H3. The van der Waals surface area contributed by atoms with Crippen molar-refractivity contribution in [1.29, 1.82) is 0 Å². The molecule has 26 heavy (non-hydrogen) atoms. The smallest absolute Gasteiger partial charge is 0.416 e. The van der Waals surface area contributed by atoms with Crippen molar-refractivity contribution in [3.63, 3.8) is 0 Å². The highest BCUT2D eigenvalue weighted by Crippen LogP contribution is 2.46. The number of nitrogens with one attached hydrogen (secondary N) is 1. The van der Waals surface area contributed by atoms with E-state index in [1.165, 1.54) is 17.4 Å². The Morgan fingerprint density at radius 1 is 1.00 bits per heavy atom. The van der Waals surface area contributed by atoms with Crippen molar-refractivity contribution in [3.05, 3.63) is 70.6 Å². The maximum atomic E-state index is 13.0. The number of aromatic hydroxyl groups is 1. The fourth-order valence-corrected chi connectivity index (χ4v) is 3.90. The minimum Gasteiger partial charge on any atom is -0.506 e. The number of hydrogen-bond donors (Lipinski definition) is 2. The van der Waals surface area contributed by atoms with Crippen LogP contribution < -0.4 is 5.32 Å². The summed E-state index contributed by atoms with van der Waals surface area (Å²) in [5, 5.41) is 14.3. The van der Waals surface area contributed by atoms with Crippen molar-refractivity contribution in [2.75, 3.05) is 12.4 Å². The van der Waals surface area contributed by atoms with E-state index in [9.17, 15) is 18.3 Å². The van der Waals surface area contributed by atoms with Gasteiger partial charge in [0.15, 0.2) is 0 Å². The first-order valence-electron chi connectivity index (χ1n) is 8.14. The summed E-state index contributed by atoms with van der Waals surface area (Å²) >= 11 is 1.37. The van der Waals surface area contributed by atoms with Crippen LogP contribution in [-0.4, -0.2) is 12.2 Å². The molecule has 2 N–H and O–H groups in total. The highest BCUT2D eigenvalue weighted by atomic mass is 32.1. The summed E-state index contributed by atoms with van der Waals surface area (Å²) in [7, 11) is 1.70. The Hall–Kier alpha value is -2.47. The number of anilines is 1. The van der Waals surface area contributed by atoms with E-state index < -0.39 is 11.7 Å². The summed E-state index contributed by atoms with van der Waals surface area (Å²) < 4.78 is 39.0. The van der Waals surface area contributed by atoms with E-state index in [-0.39, 0.29) is 5.75 Å². The molecule has 0 bridgehead atoms. The molecule has 0 atom stereocenters. The van der Waals surface area contributed by atoms with E-state index in [1.54, 1.807) is 13.1 Å². The second-order valence-electron chi connectivity index (χ2n) is 5.89. The molecular formula is C20H18F3NOS. The fourth-order valence-electron chi connectivity index (χ4n) is 2.84. The zero-order valence-corrected chi connectivity index (χ0v) is 14.9. The maximum Gasteiger partial charge on any atom is 0.416 e. The summed E-state index contributed by atoms with van der Waals surface area (Å²) in [6.07, 6.45) is -3.05. The minimum absolute atomic E-state index is 0.0506. The highest BCUT2D eigenvalue weighted by Gasteiger charge is 2.31. The lowest BCUT2D eigenvalue weighted by atomic mass is 10.0. The lowest BCUT2D eigenvalue weighted by molar-refractivity contribution is -0.137. The number of rotatable bonds is 5. The van der Waals surface area contributed by atoms with Gasteiger partial charge in [0.05, 0.1) is 11.1 Å². The van der Waals surface area contributed by atoms with Crippen LogP contribution in [0.2, 0.25) is 0 Å². The third kappa shape index (κ3) is 3.85. The van der Waals surface area contributed by atoms with E-state index in [1.807, 2.05) is 30.3 Å². The number of alkyl halides is 3. The van der Waals surface area contributed by atoms with Gasteiger partial charge in [-0.25, -0.2) is 0 Å². The number of hydrogen-bond acceptors (Lipinski definition) is 3. The first-order chi connectivity index (χ1) is 12.4. The van der Waals surface area contributed by atoms with E-state index in [4.69, 9.17) is 0 Å². The van der Waals surface area contributed by atoms with Gasteiger partial charge in [-0.2, -0.15) is 13.2 Å². The number of halogens is 3. The first kappa shape index (κ1) is 18.3. The van der Waals surface area contributed by atoms with Gasteiger partial charge in [-0.1, -0.05) is 42.5 Å². The fraction of sp³-hybridized carbons (Fsp3) is 0.200. The second kappa shape index (κ2) is 7.41. The summed E-state index contributed by atoms with van der Waals surface area (Å²) in [4.78, 5) is 0.755. The van der Waals surface area contributed by atoms with Crippen molar-refractivity contribution in [2.24, 2.45) is 0 Å². The van der Waals surface area contributed by atoms with Crippen LogP contribution in [0, 0.1) is 0 Å².